The van der Waals surface area contributed by atoms with Gasteiger partial charge in [0.1, 0.15) is 5.75 Å². The first kappa shape index (κ1) is 17.8. The Labute approximate surface area is 157 Å². The molecule has 0 heterocycles. The van der Waals surface area contributed by atoms with Crippen LogP contribution < -0.4 is 15.4 Å². The first-order chi connectivity index (χ1) is 12.6. The van der Waals surface area contributed by atoms with Crippen LogP contribution in [0, 0.1) is 6.92 Å². The zero-order chi connectivity index (χ0) is 18.5. The van der Waals surface area contributed by atoms with Crippen LogP contribution in [0.1, 0.15) is 5.56 Å². The second kappa shape index (κ2) is 7.93. The quantitative estimate of drug-likeness (QED) is 0.597. The summed E-state index contributed by atoms with van der Waals surface area (Å²) in [4.78, 5) is 12.3. The summed E-state index contributed by atoms with van der Waals surface area (Å²) in [6.07, 6.45) is 0. The third-order valence-electron chi connectivity index (χ3n) is 3.98. The Morgan fingerprint density at radius 2 is 1.58 bits per heavy atom. The van der Waals surface area contributed by atoms with Crippen LogP contribution in [0.25, 0.3) is 11.1 Å². The molecule has 2 N–H and O–H groups in total. The fraction of sp³-hybridized carbons (Fsp3) is 0.0952. The van der Waals surface area contributed by atoms with Crippen molar-refractivity contribution in [1.29, 1.82) is 0 Å². The number of rotatable bonds is 4. The molecule has 3 rings (SSSR count). The number of methoxy groups -OCH3 is 1. The maximum Gasteiger partial charge on any atom is 0.323 e. The van der Waals surface area contributed by atoms with Gasteiger partial charge in [0.2, 0.25) is 0 Å². The monoisotopic (exact) mass is 366 g/mol. The minimum atomic E-state index is -0.350. The number of carbonyl (C=O) groups is 1. The fourth-order valence-corrected chi connectivity index (χ4v) is 2.74. The van der Waals surface area contributed by atoms with E-state index in [4.69, 9.17) is 16.3 Å². The summed E-state index contributed by atoms with van der Waals surface area (Å²) in [5.74, 6) is 0.509. The van der Waals surface area contributed by atoms with Crippen LogP contribution in [-0.2, 0) is 0 Å². The molecule has 0 saturated heterocycles. The Bertz CT molecular complexity index is 909. The van der Waals surface area contributed by atoms with Crippen LogP contribution in [0.15, 0.2) is 66.7 Å². The second-order valence-corrected chi connectivity index (χ2v) is 6.23. The summed E-state index contributed by atoms with van der Waals surface area (Å²) >= 11 is 6.09. The molecule has 0 bridgehead atoms. The number of nitrogens with one attached hydrogen (secondary N) is 2. The molecule has 0 radical (unpaired) electrons. The average Bonchev–Trinajstić information content (AvgIpc) is 2.66. The van der Waals surface area contributed by atoms with Crippen LogP contribution in [0.2, 0.25) is 5.02 Å². The van der Waals surface area contributed by atoms with Gasteiger partial charge in [0.05, 0.1) is 12.8 Å². The van der Waals surface area contributed by atoms with Gasteiger partial charge in [0.25, 0.3) is 0 Å². The number of halogens is 1. The fourth-order valence-electron chi connectivity index (χ4n) is 2.59. The van der Waals surface area contributed by atoms with Crippen LogP contribution in [0.3, 0.4) is 0 Å². The lowest BCUT2D eigenvalue weighted by Gasteiger charge is -2.13. The molecule has 3 aromatic rings. The van der Waals surface area contributed by atoms with E-state index < -0.39 is 0 Å². The number of benzene rings is 3. The number of hydrogen-bond acceptors (Lipinski definition) is 2. The van der Waals surface area contributed by atoms with Gasteiger partial charge in [0.15, 0.2) is 0 Å². The highest BCUT2D eigenvalue weighted by Crippen LogP contribution is 2.31. The highest BCUT2D eigenvalue weighted by Gasteiger charge is 2.10. The Morgan fingerprint density at radius 1 is 0.923 bits per heavy atom. The largest absolute Gasteiger partial charge is 0.495 e. The molecule has 0 aromatic heterocycles. The molecule has 0 atom stereocenters. The molecule has 0 aliphatic rings. The van der Waals surface area contributed by atoms with Crippen molar-refractivity contribution in [3.05, 3.63) is 77.3 Å². The first-order valence-corrected chi connectivity index (χ1v) is 8.52. The standard InChI is InChI=1S/C21H19ClN2O2/c1-14-12-19(20(26-2)13-18(14)22)24-21(25)23-17-10-8-16(9-11-17)15-6-4-3-5-7-15/h3-13H,1-2H3,(H2,23,24,25). The Hall–Kier alpha value is -2.98. The maximum atomic E-state index is 12.3. The number of hydrogen-bond donors (Lipinski definition) is 2. The van der Waals surface area contributed by atoms with E-state index in [2.05, 4.69) is 10.6 Å². The molecule has 0 unspecified atom stereocenters. The van der Waals surface area contributed by atoms with Crippen LogP contribution in [0.4, 0.5) is 16.2 Å². The van der Waals surface area contributed by atoms with E-state index in [0.29, 0.717) is 22.1 Å². The molecule has 0 spiro atoms. The number of carbonyl (C=O) groups excluding carboxylic acids is 1. The Morgan fingerprint density at radius 3 is 2.23 bits per heavy atom. The Balaban J connectivity index is 1.70. The van der Waals surface area contributed by atoms with Gasteiger partial charge in [-0.1, -0.05) is 54.1 Å². The zero-order valence-electron chi connectivity index (χ0n) is 14.5. The lowest BCUT2D eigenvalue weighted by atomic mass is 10.1. The number of aryl methyl sites for hydroxylation is 1. The van der Waals surface area contributed by atoms with Crippen LogP contribution >= 0.6 is 11.6 Å². The summed E-state index contributed by atoms with van der Waals surface area (Å²) < 4.78 is 5.27. The molecule has 0 aliphatic heterocycles. The van der Waals surface area contributed by atoms with Crippen molar-refractivity contribution < 1.29 is 9.53 Å². The predicted octanol–water partition coefficient (Wildman–Crippen LogP) is 5.97. The molecule has 132 valence electrons. The Kier molecular flexibility index (Phi) is 5.44. The van der Waals surface area contributed by atoms with Crippen molar-refractivity contribution in [3.8, 4) is 16.9 Å². The van der Waals surface area contributed by atoms with Crippen LogP contribution in [-0.4, -0.2) is 13.1 Å². The van der Waals surface area contributed by atoms with Crippen molar-refractivity contribution in [2.75, 3.05) is 17.7 Å². The highest BCUT2D eigenvalue weighted by molar-refractivity contribution is 6.31. The lowest BCUT2D eigenvalue weighted by Crippen LogP contribution is -2.19. The highest BCUT2D eigenvalue weighted by atomic mass is 35.5. The number of urea groups is 1. The maximum absolute atomic E-state index is 12.3. The molecule has 0 fully saturated rings. The van der Waals surface area contributed by atoms with E-state index in [1.165, 1.54) is 7.11 Å². The smallest absolute Gasteiger partial charge is 0.323 e. The van der Waals surface area contributed by atoms with E-state index >= 15 is 0 Å². The molecular formula is C21H19ClN2O2. The van der Waals surface area contributed by atoms with Gasteiger partial charge in [0, 0.05) is 16.8 Å². The molecule has 2 amide bonds. The molecule has 4 nitrogen and oxygen atoms in total. The molecule has 26 heavy (non-hydrogen) atoms. The van der Waals surface area contributed by atoms with E-state index in [9.17, 15) is 4.79 Å². The van der Waals surface area contributed by atoms with Gasteiger partial charge in [-0.15, -0.1) is 0 Å². The zero-order valence-corrected chi connectivity index (χ0v) is 15.3. The lowest BCUT2D eigenvalue weighted by molar-refractivity contribution is 0.262. The van der Waals surface area contributed by atoms with Gasteiger partial charge < -0.3 is 15.4 Å². The number of ether oxygens (including phenoxy) is 1. The van der Waals surface area contributed by atoms with E-state index in [0.717, 1.165) is 16.7 Å². The van der Waals surface area contributed by atoms with E-state index in [1.54, 1.807) is 12.1 Å². The van der Waals surface area contributed by atoms with Crippen molar-refractivity contribution in [3.63, 3.8) is 0 Å². The van der Waals surface area contributed by atoms with Gasteiger partial charge in [-0.25, -0.2) is 4.79 Å². The second-order valence-electron chi connectivity index (χ2n) is 5.82. The van der Waals surface area contributed by atoms with Gasteiger partial charge >= 0.3 is 6.03 Å². The average molecular weight is 367 g/mol. The number of anilines is 2. The van der Waals surface area contributed by atoms with Crippen LogP contribution in [0.5, 0.6) is 5.75 Å². The van der Waals surface area contributed by atoms with Gasteiger partial charge in [-0.05, 0) is 41.8 Å². The third-order valence-corrected chi connectivity index (χ3v) is 4.39. The van der Waals surface area contributed by atoms with Crippen molar-refractivity contribution in [2.45, 2.75) is 6.92 Å². The summed E-state index contributed by atoms with van der Waals surface area (Å²) in [7, 11) is 1.53. The molecule has 0 saturated carbocycles. The third kappa shape index (κ3) is 4.16. The van der Waals surface area contributed by atoms with Gasteiger partial charge in [-0.3, -0.25) is 0 Å². The van der Waals surface area contributed by atoms with Gasteiger partial charge in [-0.2, -0.15) is 0 Å². The molecule has 5 heteroatoms. The molecule has 3 aromatic carbocycles. The normalized spacial score (nSPS) is 10.3. The first-order valence-electron chi connectivity index (χ1n) is 8.14. The SMILES string of the molecule is COc1cc(Cl)c(C)cc1NC(=O)Nc1ccc(-c2ccccc2)cc1. The van der Waals surface area contributed by atoms with Crippen molar-refractivity contribution >= 4 is 29.0 Å². The minimum absolute atomic E-state index is 0.350. The topological polar surface area (TPSA) is 50.4 Å². The van der Waals surface area contributed by atoms with E-state index in [-0.39, 0.29) is 6.03 Å². The predicted molar refractivity (Wildman–Crippen MR) is 107 cm³/mol. The summed E-state index contributed by atoms with van der Waals surface area (Å²) in [6.45, 7) is 1.87. The minimum Gasteiger partial charge on any atom is -0.495 e. The van der Waals surface area contributed by atoms with Crippen molar-refractivity contribution in [2.24, 2.45) is 0 Å². The number of amides is 2. The molecular weight excluding hydrogens is 348 g/mol. The van der Waals surface area contributed by atoms with E-state index in [1.807, 2.05) is 61.5 Å². The van der Waals surface area contributed by atoms with Crippen molar-refractivity contribution in [1.82, 2.24) is 0 Å². The summed E-state index contributed by atoms with van der Waals surface area (Å²) in [6, 6.07) is 20.9. The summed E-state index contributed by atoms with van der Waals surface area (Å²) in [5.41, 5.74) is 4.34. The molecule has 0 aliphatic carbocycles. The summed E-state index contributed by atoms with van der Waals surface area (Å²) in [5, 5.41) is 6.19.